The van der Waals surface area contributed by atoms with Gasteiger partial charge in [0.25, 0.3) is 0 Å². The van der Waals surface area contributed by atoms with Crippen LogP contribution in [0.15, 0.2) is 66.0 Å². The second-order valence-electron chi connectivity index (χ2n) is 14.7. The van der Waals surface area contributed by atoms with Gasteiger partial charge in [-0.1, -0.05) is 24.3 Å². The molecule has 1 spiro atoms. The molecule has 1 aliphatic carbocycles. The predicted molar refractivity (Wildman–Crippen MR) is 197 cm³/mol. The number of aryl methyl sites for hydroxylation is 1. The summed E-state index contributed by atoms with van der Waals surface area (Å²) in [7, 11) is 2.94. The van der Waals surface area contributed by atoms with Gasteiger partial charge < -0.3 is 60.8 Å². The fourth-order valence-corrected chi connectivity index (χ4v) is 8.90. The average Bonchev–Trinajstić information content (AvgIpc) is 3.53. The molecule has 2 saturated heterocycles. The van der Waals surface area contributed by atoms with E-state index in [9.17, 15) is 30.3 Å². The summed E-state index contributed by atoms with van der Waals surface area (Å²) in [6, 6.07) is 8.20. The molecule has 2 aromatic rings. The van der Waals surface area contributed by atoms with Gasteiger partial charge in [0.1, 0.15) is 6.61 Å². The number of methoxy groups -OCH3 is 2. The summed E-state index contributed by atoms with van der Waals surface area (Å²) in [5.74, 6) is -1.34. The lowest BCUT2D eigenvalue weighted by atomic mass is 9.59. The van der Waals surface area contributed by atoms with Crippen molar-refractivity contribution in [3.63, 3.8) is 0 Å². The molecule has 0 saturated carbocycles. The number of dihydropyridines is 1. The molecule has 288 valence electrons. The number of hydrogen-bond acceptors (Lipinski definition) is 12. The first-order valence-electron chi connectivity index (χ1n) is 18.4. The number of ether oxygens (including phenoxy) is 4. The van der Waals surface area contributed by atoms with E-state index in [0.29, 0.717) is 49.4 Å². The van der Waals surface area contributed by atoms with Gasteiger partial charge in [-0.25, -0.2) is 0 Å². The van der Waals surface area contributed by atoms with Gasteiger partial charge in [0.15, 0.2) is 23.0 Å². The van der Waals surface area contributed by atoms with Crippen molar-refractivity contribution in [2.45, 2.75) is 75.8 Å². The molecule has 6 rings (SSSR count). The van der Waals surface area contributed by atoms with Gasteiger partial charge in [-0.05, 0) is 92.5 Å². The van der Waals surface area contributed by atoms with Gasteiger partial charge in [-0.15, -0.1) is 0 Å². The molecule has 3 heterocycles. The Morgan fingerprint density at radius 2 is 1.85 bits per heavy atom. The molecule has 4 aliphatic rings. The number of phenols is 2. The summed E-state index contributed by atoms with van der Waals surface area (Å²) in [4.78, 5) is 12.8. The molecule has 2 fully saturated rings. The number of rotatable bonds is 13. The van der Waals surface area contributed by atoms with Crippen molar-refractivity contribution >= 4 is 5.97 Å². The summed E-state index contributed by atoms with van der Waals surface area (Å²) in [5, 5.41) is 59.9. The van der Waals surface area contributed by atoms with Crippen LogP contribution < -0.4 is 30.6 Å². The van der Waals surface area contributed by atoms with Crippen LogP contribution in [0.5, 0.6) is 28.7 Å². The number of nitrogens with one attached hydrogen (secondary N) is 2. The zero-order valence-corrected chi connectivity index (χ0v) is 30.5. The molecule has 53 heavy (non-hydrogen) atoms. The summed E-state index contributed by atoms with van der Waals surface area (Å²) >= 11 is 0. The van der Waals surface area contributed by atoms with Crippen LogP contribution >= 0.6 is 0 Å². The number of carboxylic acid groups (broad SMARTS) is 1. The second kappa shape index (κ2) is 16.3. The molecule has 13 nitrogen and oxygen atoms in total. The number of piperidine rings is 1. The Morgan fingerprint density at radius 3 is 2.57 bits per heavy atom. The lowest BCUT2D eigenvalue weighted by Crippen LogP contribution is -2.61. The van der Waals surface area contributed by atoms with Crippen molar-refractivity contribution in [2.24, 2.45) is 28.9 Å². The minimum absolute atomic E-state index is 0.0458. The second-order valence-corrected chi connectivity index (χ2v) is 14.7. The third-order valence-electron chi connectivity index (χ3n) is 11.6. The lowest BCUT2D eigenvalue weighted by molar-refractivity contribution is -0.147. The van der Waals surface area contributed by atoms with Crippen LogP contribution in [0.25, 0.3) is 0 Å². The van der Waals surface area contributed by atoms with E-state index < -0.39 is 41.5 Å². The highest BCUT2D eigenvalue weighted by Crippen LogP contribution is 2.55. The first kappa shape index (κ1) is 38.3. The topological polar surface area (TPSA) is 205 Å². The number of aliphatic hydroxyl groups is 2. The fraction of sp³-hybridized carbons (Fsp3) is 0.525. The smallest absolute Gasteiger partial charge is 0.311 e. The number of benzene rings is 2. The molecule has 9 N–H and O–H groups in total. The van der Waals surface area contributed by atoms with E-state index in [0.717, 1.165) is 17.6 Å². The van der Waals surface area contributed by atoms with Gasteiger partial charge in [-0.3, -0.25) is 4.79 Å². The summed E-state index contributed by atoms with van der Waals surface area (Å²) < 4.78 is 24.0. The monoisotopic (exact) mass is 735 g/mol. The first-order chi connectivity index (χ1) is 25.5. The highest BCUT2D eigenvalue weighted by atomic mass is 16.5. The molecule has 0 aromatic heterocycles. The van der Waals surface area contributed by atoms with Crippen molar-refractivity contribution in [3.05, 3.63) is 77.2 Å². The third kappa shape index (κ3) is 7.80. The van der Waals surface area contributed by atoms with Crippen molar-refractivity contribution in [1.82, 2.24) is 10.6 Å². The van der Waals surface area contributed by atoms with Gasteiger partial charge in [0.2, 0.25) is 5.75 Å². The largest absolute Gasteiger partial charge is 0.504 e. The number of allylic oxidation sites excluding steroid dienone is 3. The van der Waals surface area contributed by atoms with Crippen LogP contribution in [-0.2, 0) is 16.0 Å². The predicted octanol–water partition coefficient (Wildman–Crippen LogP) is 3.66. The number of carbonyl (C=O) groups is 1. The molecule has 13 heteroatoms. The Morgan fingerprint density at radius 1 is 1.08 bits per heavy atom. The van der Waals surface area contributed by atoms with Crippen molar-refractivity contribution in [2.75, 3.05) is 34.0 Å². The Labute approximate surface area is 310 Å². The van der Waals surface area contributed by atoms with Crippen molar-refractivity contribution in [1.29, 1.82) is 0 Å². The van der Waals surface area contributed by atoms with Crippen LogP contribution in [0, 0.1) is 23.2 Å². The average molecular weight is 736 g/mol. The SMILES string of the molecule is COc1cc(CCC2CC(O)C(CCO)C(c3cc(OC)c(O)c(OCC4NC(C)CCC45C(C(=O)O)C=CC5C4=CCNC(N)=C4)c3)O2)ccc1O. The van der Waals surface area contributed by atoms with E-state index in [2.05, 4.69) is 17.6 Å². The molecule has 9 atom stereocenters. The van der Waals surface area contributed by atoms with Crippen LogP contribution in [0.2, 0.25) is 0 Å². The van der Waals surface area contributed by atoms with E-state index >= 15 is 0 Å². The van der Waals surface area contributed by atoms with Crippen molar-refractivity contribution < 1.29 is 49.3 Å². The normalized spacial score (nSPS) is 31.0. The molecule has 3 aliphatic heterocycles. The molecule has 0 radical (unpaired) electrons. The lowest BCUT2D eigenvalue weighted by Gasteiger charge is -2.50. The Bertz CT molecular complexity index is 1730. The van der Waals surface area contributed by atoms with E-state index in [4.69, 9.17) is 24.7 Å². The number of carboxylic acids is 1. The first-order valence-corrected chi connectivity index (χ1v) is 18.4. The summed E-state index contributed by atoms with van der Waals surface area (Å²) in [5.41, 5.74) is 7.89. The maximum absolute atomic E-state index is 12.8. The Balaban J connectivity index is 1.28. The summed E-state index contributed by atoms with van der Waals surface area (Å²) in [6.45, 7) is 2.50. The van der Waals surface area contributed by atoms with Crippen LogP contribution in [0.1, 0.15) is 56.3 Å². The number of aromatic hydroxyl groups is 2. The Kier molecular flexibility index (Phi) is 11.8. The molecule has 0 amide bonds. The zero-order valence-electron chi connectivity index (χ0n) is 30.5. The quantitative estimate of drug-likeness (QED) is 0.139. The molecule has 9 unspecified atom stereocenters. The summed E-state index contributed by atoms with van der Waals surface area (Å²) in [6.07, 6.45) is 9.15. The molecular weight excluding hydrogens is 682 g/mol. The highest BCUT2D eigenvalue weighted by molar-refractivity contribution is 5.75. The van der Waals surface area contributed by atoms with E-state index in [1.54, 1.807) is 30.3 Å². The van der Waals surface area contributed by atoms with E-state index in [1.165, 1.54) is 14.2 Å². The highest BCUT2D eigenvalue weighted by Gasteiger charge is 2.57. The maximum atomic E-state index is 12.8. The van der Waals surface area contributed by atoms with Crippen LogP contribution in [-0.4, -0.2) is 89.8 Å². The minimum atomic E-state index is -0.912. The molecule has 0 bridgehead atoms. The maximum Gasteiger partial charge on any atom is 0.311 e. The number of hydrogen-bond donors (Lipinski definition) is 8. The van der Waals surface area contributed by atoms with Crippen molar-refractivity contribution in [3.8, 4) is 28.7 Å². The van der Waals surface area contributed by atoms with E-state index in [-0.39, 0.29) is 60.7 Å². The fourth-order valence-electron chi connectivity index (χ4n) is 8.90. The van der Waals surface area contributed by atoms with Gasteiger partial charge in [-0.2, -0.15) is 0 Å². The Hall–Kier alpha value is -4.43. The number of nitrogens with two attached hydrogens (primary N) is 1. The zero-order chi connectivity index (χ0) is 37.9. The number of phenolic OH excluding ortho intramolecular Hbond substituents is 2. The van der Waals surface area contributed by atoms with Crippen LogP contribution in [0.4, 0.5) is 0 Å². The molecule has 2 aromatic carbocycles. The number of aliphatic carboxylic acids is 1. The van der Waals surface area contributed by atoms with Crippen LogP contribution in [0.3, 0.4) is 0 Å². The van der Waals surface area contributed by atoms with Gasteiger partial charge >= 0.3 is 5.97 Å². The standard InChI is InChI=1S/C40H53N3O10/c1-22-10-13-40(28(7-8-29(40)39(48)49)24-11-14-42-36(41)19-24)35(43-22)21-52-34-18-25(17-33(51-3)37(34)47)38-27(12-15-44)31(46)20-26(53-38)6-4-23-5-9-30(45)32(16-23)50-2/h5,7-9,11,16-19,22,26-29,31,35,38,42-47H,4,6,10,12-15,20-21,41H2,1-3H3,(H,48,49). The number of aliphatic hydroxyl groups excluding tert-OH is 2. The van der Waals surface area contributed by atoms with E-state index in [1.807, 2.05) is 24.3 Å². The molecular formula is C40H53N3O10. The van der Waals surface area contributed by atoms with Gasteiger partial charge in [0, 0.05) is 42.5 Å². The minimum Gasteiger partial charge on any atom is -0.504 e. The van der Waals surface area contributed by atoms with Gasteiger partial charge in [0.05, 0.1) is 44.3 Å². The third-order valence-corrected chi connectivity index (χ3v) is 11.6.